The Kier molecular flexibility index (Phi) is 5.74. The number of fused-ring (bicyclic) bond motifs is 1. The third-order valence-corrected chi connectivity index (χ3v) is 6.32. The molecule has 148 valence electrons. The number of halogens is 2. The zero-order valence-electron chi connectivity index (χ0n) is 16.0. The van der Waals surface area contributed by atoms with Crippen LogP contribution in [0.25, 0.3) is 0 Å². The molecule has 0 saturated carbocycles. The molecule has 5 nitrogen and oxygen atoms in total. The third kappa shape index (κ3) is 3.96. The molecule has 0 atom stereocenters. The van der Waals surface area contributed by atoms with E-state index in [2.05, 4.69) is 14.9 Å². The molecule has 0 N–H and O–H groups in total. The van der Waals surface area contributed by atoms with Crippen molar-refractivity contribution in [3.05, 3.63) is 45.7 Å². The first kappa shape index (κ1) is 19.5. The van der Waals surface area contributed by atoms with Gasteiger partial charge in [-0.1, -0.05) is 23.2 Å². The number of hydrogen-bond acceptors (Lipinski definition) is 4. The fourth-order valence-electron chi connectivity index (χ4n) is 4.09. The summed E-state index contributed by atoms with van der Waals surface area (Å²) in [6.45, 7) is 4.22. The summed E-state index contributed by atoms with van der Waals surface area (Å²) in [7, 11) is 0. The highest BCUT2D eigenvalue weighted by molar-refractivity contribution is 6.31. The topological polar surface area (TPSA) is 49.3 Å². The molecular weight excluding hydrogens is 395 g/mol. The van der Waals surface area contributed by atoms with E-state index in [4.69, 9.17) is 23.2 Å². The number of aromatic nitrogens is 2. The van der Waals surface area contributed by atoms with Crippen LogP contribution in [0.2, 0.25) is 10.0 Å². The van der Waals surface area contributed by atoms with Crippen molar-refractivity contribution >= 4 is 40.7 Å². The Morgan fingerprint density at radius 2 is 1.93 bits per heavy atom. The van der Waals surface area contributed by atoms with E-state index < -0.39 is 0 Å². The SMILES string of the molecule is Cc1nc(N2CCC(C(=O)N3CCCCc4cc(Cl)ccc43)CC2)ncc1Cl. The fraction of sp³-hybridized carbons (Fsp3) is 0.476. The van der Waals surface area contributed by atoms with Crippen molar-refractivity contribution in [3.8, 4) is 0 Å². The maximum absolute atomic E-state index is 13.3. The average Bonchev–Trinajstić information content (AvgIpc) is 2.91. The molecule has 2 aliphatic rings. The molecule has 0 spiro atoms. The van der Waals surface area contributed by atoms with Gasteiger partial charge in [0.25, 0.3) is 0 Å². The van der Waals surface area contributed by atoms with Crippen molar-refractivity contribution in [2.24, 2.45) is 5.92 Å². The summed E-state index contributed by atoms with van der Waals surface area (Å²) in [6, 6.07) is 5.89. The first-order valence-corrected chi connectivity index (χ1v) is 10.6. The van der Waals surface area contributed by atoms with Crippen LogP contribution in [-0.2, 0) is 11.2 Å². The van der Waals surface area contributed by atoms with Crippen molar-refractivity contribution in [1.82, 2.24) is 9.97 Å². The van der Waals surface area contributed by atoms with Gasteiger partial charge in [-0.2, -0.15) is 0 Å². The number of piperidine rings is 1. The summed E-state index contributed by atoms with van der Waals surface area (Å²) in [5, 5.41) is 1.31. The van der Waals surface area contributed by atoms with Gasteiger partial charge in [-0.3, -0.25) is 4.79 Å². The predicted molar refractivity (Wildman–Crippen MR) is 113 cm³/mol. The van der Waals surface area contributed by atoms with Crippen LogP contribution in [0.15, 0.2) is 24.4 Å². The molecule has 2 aliphatic heterocycles. The Morgan fingerprint density at radius 1 is 1.14 bits per heavy atom. The molecule has 0 aliphatic carbocycles. The number of hydrogen-bond donors (Lipinski definition) is 0. The van der Waals surface area contributed by atoms with Crippen LogP contribution >= 0.6 is 23.2 Å². The lowest BCUT2D eigenvalue weighted by Gasteiger charge is -2.34. The van der Waals surface area contributed by atoms with Gasteiger partial charge in [-0.15, -0.1) is 0 Å². The smallest absolute Gasteiger partial charge is 0.230 e. The summed E-state index contributed by atoms with van der Waals surface area (Å²) in [5.74, 6) is 0.965. The highest BCUT2D eigenvalue weighted by atomic mass is 35.5. The van der Waals surface area contributed by atoms with E-state index in [9.17, 15) is 4.79 Å². The maximum Gasteiger partial charge on any atom is 0.230 e. The maximum atomic E-state index is 13.3. The van der Waals surface area contributed by atoms with E-state index in [1.807, 2.05) is 30.0 Å². The quantitative estimate of drug-likeness (QED) is 0.710. The second kappa shape index (κ2) is 8.26. The van der Waals surface area contributed by atoms with Crippen molar-refractivity contribution in [2.75, 3.05) is 29.4 Å². The third-order valence-electron chi connectivity index (χ3n) is 5.71. The van der Waals surface area contributed by atoms with Crippen LogP contribution in [0.4, 0.5) is 11.6 Å². The van der Waals surface area contributed by atoms with Crippen molar-refractivity contribution < 1.29 is 4.79 Å². The van der Waals surface area contributed by atoms with E-state index in [0.717, 1.165) is 68.1 Å². The number of aryl methyl sites for hydroxylation is 2. The molecule has 4 rings (SSSR count). The van der Waals surface area contributed by atoms with E-state index in [0.29, 0.717) is 11.0 Å². The van der Waals surface area contributed by atoms with Gasteiger partial charge >= 0.3 is 0 Å². The Hall–Kier alpha value is -1.85. The number of anilines is 2. The molecule has 1 aromatic heterocycles. The molecule has 2 aromatic rings. The standard InChI is InChI=1S/C21H24Cl2N4O/c1-14-18(23)13-24-21(25-14)26-10-7-15(8-11-26)20(28)27-9-3-2-4-16-12-17(22)5-6-19(16)27/h5-6,12-13,15H,2-4,7-11H2,1H3. The Bertz CT molecular complexity index is 881. The number of benzene rings is 1. The molecular formula is C21H24Cl2N4O. The Balaban J connectivity index is 1.46. The van der Waals surface area contributed by atoms with Crippen LogP contribution in [0.1, 0.15) is 36.9 Å². The first-order valence-electron chi connectivity index (χ1n) is 9.87. The predicted octanol–water partition coefficient (Wildman–Crippen LogP) is 4.68. The molecule has 1 fully saturated rings. The Labute approximate surface area is 175 Å². The second-order valence-corrected chi connectivity index (χ2v) is 8.43. The van der Waals surface area contributed by atoms with Gasteiger partial charge in [0.05, 0.1) is 16.9 Å². The zero-order chi connectivity index (χ0) is 19.7. The van der Waals surface area contributed by atoms with Gasteiger partial charge < -0.3 is 9.80 Å². The van der Waals surface area contributed by atoms with Crippen molar-refractivity contribution in [1.29, 1.82) is 0 Å². The summed E-state index contributed by atoms with van der Waals surface area (Å²) in [5.41, 5.74) is 3.00. The number of rotatable bonds is 2. The molecule has 28 heavy (non-hydrogen) atoms. The average molecular weight is 419 g/mol. The number of carbonyl (C=O) groups excluding carboxylic acids is 1. The summed E-state index contributed by atoms with van der Waals surface area (Å²) >= 11 is 12.2. The van der Waals surface area contributed by atoms with Gasteiger partial charge in [0.1, 0.15) is 0 Å². The minimum absolute atomic E-state index is 0.0336. The van der Waals surface area contributed by atoms with Gasteiger partial charge in [0.15, 0.2) is 0 Å². The van der Waals surface area contributed by atoms with Crippen LogP contribution in [0, 0.1) is 12.8 Å². The molecule has 0 bridgehead atoms. The molecule has 0 radical (unpaired) electrons. The van der Waals surface area contributed by atoms with Crippen LogP contribution in [0.3, 0.4) is 0 Å². The molecule has 3 heterocycles. The van der Waals surface area contributed by atoms with Gasteiger partial charge in [0, 0.05) is 36.3 Å². The van der Waals surface area contributed by atoms with E-state index in [1.165, 1.54) is 5.56 Å². The monoisotopic (exact) mass is 418 g/mol. The summed E-state index contributed by atoms with van der Waals surface area (Å²) in [6.07, 6.45) is 6.35. The van der Waals surface area contributed by atoms with Gasteiger partial charge in [-0.25, -0.2) is 9.97 Å². The highest BCUT2D eigenvalue weighted by Gasteiger charge is 2.31. The van der Waals surface area contributed by atoms with Crippen LogP contribution < -0.4 is 9.80 Å². The highest BCUT2D eigenvalue weighted by Crippen LogP contribution is 2.32. The van der Waals surface area contributed by atoms with Crippen molar-refractivity contribution in [2.45, 2.75) is 39.0 Å². The van der Waals surface area contributed by atoms with Crippen LogP contribution in [-0.4, -0.2) is 35.5 Å². The lowest BCUT2D eigenvalue weighted by Crippen LogP contribution is -2.43. The molecule has 1 aromatic carbocycles. The summed E-state index contributed by atoms with van der Waals surface area (Å²) in [4.78, 5) is 26.3. The Morgan fingerprint density at radius 3 is 2.68 bits per heavy atom. The van der Waals surface area contributed by atoms with Crippen molar-refractivity contribution in [3.63, 3.8) is 0 Å². The first-order chi connectivity index (χ1) is 13.5. The molecule has 0 unspecified atom stereocenters. The zero-order valence-corrected chi connectivity index (χ0v) is 17.5. The fourth-order valence-corrected chi connectivity index (χ4v) is 4.38. The summed E-state index contributed by atoms with van der Waals surface area (Å²) < 4.78 is 0. The number of nitrogens with zero attached hydrogens (tertiary/aromatic N) is 4. The van der Waals surface area contributed by atoms with E-state index in [-0.39, 0.29) is 11.8 Å². The number of amides is 1. The van der Waals surface area contributed by atoms with Gasteiger partial charge in [-0.05, 0) is 62.8 Å². The normalized spacial score (nSPS) is 18.0. The lowest BCUT2D eigenvalue weighted by atomic mass is 9.95. The minimum atomic E-state index is 0.0336. The van der Waals surface area contributed by atoms with Crippen LogP contribution in [0.5, 0.6) is 0 Å². The lowest BCUT2D eigenvalue weighted by molar-refractivity contribution is -0.123. The molecule has 1 saturated heterocycles. The van der Waals surface area contributed by atoms with E-state index in [1.54, 1.807) is 6.20 Å². The molecule has 1 amide bonds. The van der Waals surface area contributed by atoms with Gasteiger partial charge in [0.2, 0.25) is 11.9 Å². The second-order valence-electron chi connectivity index (χ2n) is 7.58. The largest absolute Gasteiger partial charge is 0.341 e. The van der Waals surface area contributed by atoms with E-state index >= 15 is 0 Å². The number of carbonyl (C=O) groups is 1. The minimum Gasteiger partial charge on any atom is -0.341 e. The molecule has 7 heteroatoms.